The van der Waals surface area contributed by atoms with E-state index in [1.807, 2.05) is 13.8 Å². The summed E-state index contributed by atoms with van der Waals surface area (Å²) in [6.07, 6.45) is 0. The van der Waals surface area contributed by atoms with Gasteiger partial charge in [0.15, 0.2) is 0 Å². The summed E-state index contributed by atoms with van der Waals surface area (Å²) in [6, 6.07) is -0.623. The van der Waals surface area contributed by atoms with Crippen molar-refractivity contribution >= 4 is 17.8 Å². The van der Waals surface area contributed by atoms with Gasteiger partial charge in [0.1, 0.15) is 12.6 Å². The molecule has 0 bridgehead atoms. The van der Waals surface area contributed by atoms with Crippen molar-refractivity contribution in [3.63, 3.8) is 0 Å². The van der Waals surface area contributed by atoms with Gasteiger partial charge in [0.25, 0.3) is 0 Å². The lowest BCUT2D eigenvalue weighted by Gasteiger charge is -2.25. The number of hydrogen-bond acceptors (Lipinski definition) is 4. The first kappa shape index (κ1) is 15.4. The average Bonchev–Trinajstić information content (AvgIpc) is 2.23. The normalized spacial score (nSPS) is 11.9. The molecule has 0 saturated heterocycles. The third-order valence-electron chi connectivity index (χ3n) is 2.26. The van der Waals surface area contributed by atoms with Crippen LogP contribution >= 0.6 is 0 Å². The predicted molar refractivity (Wildman–Crippen MR) is 62.1 cm³/mol. The molecule has 1 atom stereocenters. The Morgan fingerprint density at radius 3 is 2.18 bits per heavy atom. The van der Waals surface area contributed by atoms with Gasteiger partial charge in [0.2, 0.25) is 11.8 Å². The standard InChI is InChI=1S/C11H20N2O4/c1-7(2)10(12-8(3)14)11(16)13(4)6-9(15)17-5/h7,10H,6H2,1-5H3,(H,12,14). The highest BCUT2D eigenvalue weighted by molar-refractivity contribution is 5.89. The molecule has 0 heterocycles. The second-order valence-corrected chi connectivity index (χ2v) is 4.19. The van der Waals surface area contributed by atoms with Crippen LogP contribution in [-0.2, 0) is 19.1 Å². The Balaban J connectivity index is 4.60. The third-order valence-corrected chi connectivity index (χ3v) is 2.26. The summed E-state index contributed by atoms with van der Waals surface area (Å²) in [4.78, 5) is 35.2. The van der Waals surface area contributed by atoms with E-state index >= 15 is 0 Å². The lowest BCUT2D eigenvalue weighted by molar-refractivity contribution is -0.147. The number of nitrogens with zero attached hydrogens (tertiary/aromatic N) is 1. The topological polar surface area (TPSA) is 75.7 Å². The fraction of sp³-hybridized carbons (Fsp3) is 0.727. The van der Waals surface area contributed by atoms with E-state index in [1.165, 1.54) is 26.0 Å². The number of rotatable bonds is 5. The first-order chi connectivity index (χ1) is 7.79. The van der Waals surface area contributed by atoms with Gasteiger partial charge in [-0.15, -0.1) is 0 Å². The molecule has 0 aromatic heterocycles. The van der Waals surface area contributed by atoms with Crippen LogP contribution in [0.25, 0.3) is 0 Å². The molecule has 17 heavy (non-hydrogen) atoms. The van der Waals surface area contributed by atoms with E-state index < -0.39 is 12.0 Å². The van der Waals surface area contributed by atoms with Crippen molar-refractivity contribution in [1.29, 1.82) is 0 Å². The number of ether oxygens (including phenoxy) is 1. The summed E-state index contributed by atoms with van der Waals surface area (Å²) < 4.78 is 4.47. The number of carbonyl (C=O) groups is 3. The number of likely N-dealkylation sites (N-methyl/N-ethyl adjacent to an activating group) is 1. The van der Waals surface area contributed by atoms with Crippen molar-refractivity contribution in [2.75, 3.05) is 20.7 Å². The third kappa shape index (κ3) is 5.33. The largest absolute Gasteiger partial charge is 0.468 e. The summed E-state index contributed by atoms with van der Waals surface area (Å²) in [5, 5.41) is 2.57. The average molecular weight is 244 g/mol. The van der Waals surface area contributed by atoms with Crippen molar-refractivity contribution in [1.82, 2.24) is 10.2 Å². The minimum Gasteiger partial charge on any atom is -0.468 e. The lowest BCUT2D eigenvalue weighted by atomic mass is 10.0. The van der Waals surface area contributed by atoms with Crippen LogP contribution in [0.4, 0.5) is 0 Å². The Labute approximate surface area is 101 Å². The molecule has 6 heteroatoms. The highest BCUT2D eigenvalue weighted by Crippen LogP contribution is 2.05. The first-order valence-electron chi connectivity index (χ1n) is 5.38. The van der Waals surface area contributed by atoms with Crippen molar-refractivity contribution in [2.45, 2.75) is 26.8 Å². The van der Waals surface area contributed by atoms with Crippen molar-refractivity contribution < 1.29 is 19.1 Å². The molecule has 0 rings (SSSR count). The van der Waals surface area contributed by atoms with Gasteiger partial charge in [-0.2, -0.15) is 0 Å². The minimum absolute atomic E-state index is 0.0495. The molecule has 0 radical (unpaired) electrons. The van der Waals surface area contributed by atoms with Gasteiger partial charge < -0.3 is 15.0 Å². The monoisotopic (exact) mass is 244 g/mol. The van der Waals surface area contributed by atoms with Crippen LogP contribution in [0, 0.1) is 5.92 Å². The molecule has 0 aromatic carbocycles. The molecule has 2 amide bonds. The molecule has 0 spiro atoms. The highest BCUT2D eigenvalue weighted by atomic mass is 16.5. The van der Waals surface area contributed by atoms with Crippen LogP contribution in [0.5, 0.6) is 0 Å². The van der Waals surface area contributed by atoms with Crippen LogP contribution in [-0.4, -0.2) is 49.4 Å². The number of nitrogens with one attached hydrogen (secondary N) is 1. The Kier molecular flexibility index (Phi) is 6.23. The zero-order valence-electron chi connectivity index (χ0n) is 10.9. The molecule has 1 N–H and O–H groups in total. The van der Waals surface area contributed by atoms with E-state index in [2.05, 4.69) is 10.1 Å². The molecule has 98 valence electrons. The maximum absolute atomic E-state index is 12.0. The maximum Gasteiger partial charge on any atom is 0.325 e. The van der Waals surface area contributed by atoms with Gasteiger partial charge in [0.05, 0.1) is 7.11 Å². The van der Waals surface area contributed by atoms with E-state index in [-0.39, 0.29) is 24.3 Å². The van der Waals surface area contributed by atoms with Crippen LogP contribution < -0.4 is 5.32 Å². The number of esters is 1. The Bertz CT molecular complexity index is 302. The van der Waals surface area contributed by atoms with E-state index in [1.54, 1.807) is 0 Å². The molecular weight excluding hydrogens is 224 g/mol. The van der Waals surface area contributed by atoms with E-state index in [4.69, 9.17) is 0 Å². The Morgan fingerprint density at radius 1 is 1.29 bits per heavy atom. The summed E-state index contributed by atoms with van der Waals surface area (Å²) in [6.45, 7) is 4.87. The first-order valence-corrected chi connectivity index (χ1v) is 5.38. The fourth-order valence-electron chi connectivity index (χ4n) is 1.31. The van der Waals surface area contributed by atoms with Crippen molar-refractivity contribution in [2.24, 2.45) is 5.92 Å². The SMILES string of the molecule is COC(=O)CN(C)C(=O)C(NC(C)=O)C(C)C. The van der Waals surface area contributed by atoms with Gasteiger partial charge in [0, 0.05) is 14.0 Å². The molecule has 6 nitrogen and oxygen atoms in total. The maximum atomic E-state index is 12.0. The Hall–Kier alpha value is -1.59. The summed E-state index contributed by atoms with van der Waals surface area (Å²) in [7, 11) is 2.75. The summed E-state index contributed by atoms with van der Waals surface area (Å²) >= 11 is 0. The van der Waals surface area contributed by atoms with Gasteiger partial charge in [-0.1, -0.05) is 13.8 Å². The van der Waals surface area contributed by atoms with E-state index in [9.17, 15) is 14.4 Å². The molecule has 0 aromatic rings. The molecule has 0 saturated carbocycles. The molecule has 0 aliphatic carbocycles. The number of methoxy groups -OCH3 is 1. The predicted octanol–water partition coefficient (Wildman–Crippen LogP) is -0.222. The van der Waals surface area contributed by atoms with E-state index in [0.717, 1.165) is 0 Å². The van der Waals surface area contributed by atoms with E-state index in [0.29, 0.717) is 0 Å². The highest BCUT2D eigenvalue weighted by Gasteiger charge is 2.26. The smallest absolute Gasteiger partial charge is 0.325 e. The molecule has 0 fully saturated rings. The molecule has 0 aliphatic rings. The van der Waals surface area contributed by atoms with Crippen LogP contribution in [0.3, 0.4) is 0 Å². The zero-order valence-corrected chi connectivity index (χ0v) is 10.9. The van der Waals surface area contributed by atoms with Crippen molar-refractivity contribution in [3.05, 3.63) is 0 Å². The summed E-state index contributed by atoms with van der Waals surface area (Å²) in [5.41, 5.74) is 0. The summed E-state index contributed by atoms with van der Waals surface area (Å²) in [5.74, 6) is -1.12. The second kappa shape index (κ2) is 6.88. The fourth-order valence-corrected chi connectivity index (χ4v) is 1.31. The van der Waals surface area contributed by atoms with Crippen LogP contribution in [0.1, 0.15) is 20.8 Å². The Morgan fingerprint density at radius 2 is 1.82 bits per heavy atom. The molecule has 0 aliphatic heterocycles. The lowest BCUT2D eigenvalue weighted by Crippen LogP contribution is -2.50. The second-order valence-electron chi connectivity index (χ2n) is 4.19. The van der Waals surface area contributed by atoms with Crippen molar-refractivity contribution in [3.8, 4) is 0 Å². The molecular formula is C11H20N2O4. The zero-order chi connectivity index (χ0) is 13.6. The van der Waals surface area contributed by atoms with Crippen LogP contribution in [0.2, 0.25) is 0 Å². The van der Waals surface area contributed by atoms with Gasteiger partial charge in [-0.3, -0.25) is 14.4 Å². The van der Waals surface area contributed by atoms with Gasteiger partial charge in [-0.25, -0.2) is 0 Å². The quantitative estimate of drug-likeness (QED) is 0.678. The number of amides is 2. The molecule has 1 unspecified atom stereocenters. The number of hydrogen-bond donors (Lipinski definition) is 1. The number of carbonyl (C=O) groups excluding carboxylic acids is 3. The van der Waals surface area contributed by atoms with Crippen LogP contribution in [0.15, 0.2) is 0 Å². The van der Waals surface area contributed by atoms with Gasteiger partial charge in [-0.05, 0) is 5.92 Å². The van der Waals surface area contributed by atoms with Gasteiger partial charge >= 0.3 is 5.97 Å². The minimum atomic E-state index is -0.623.